The van der Waals surface area contributed by atoms with Crippen molar-refractivity contribution in [2.24, 2.45) is 0 Å². The Bertz CT molecular complexity index is 383. The van der Waals surface area contributed by atoms with Crippen LogP contribution in [0.4, 0.5) is 11.9 Å². The molecule has 1 aromatic heterocycles. The van der Waals surface area contributed by atoms with E-state index in [2.05, 4.69) is 21.9 Å². The van der Waals surface area contributed by atoms with Crippen LogP contribution in [0.5, 0.6) is 0 Å². The monoisotopic (exact) mass is 271 g/mol. The molecule has 18 heavy (non-hydrogen) atoms. The van der Waals surface area contributed by atoms with E-state index >= 15 is 0 Å². The minimum absolute atomic E-state index is 0.133. The van der Waals surface area contributed by atoms with Crippen LogP contribution in [-0.2, 0) is 4.74 Å². The summed E-state index contributed by atoms with van der Waals surface area (Å²) in [6.07, 6.45) is 3.39. The van der Waals surface area contributed by atoms with Gasteiger partial charge in [0.1, 0.15) is 0 Å². The van der Waals surface area contributed by atoms with E-state index in [4.69, 9.17) is 22.1 Å². The largest absolute Gasteiger partial charge is 0.376 e. The van der Waals surface area contributed by atoms with Crippen molar-refractivity contribution >= 4 is 23.5 Å². The minimum Gasteiger partial charge on any atom is -0.376 e. The van der Waals surface area contributed by atoms with Crippen LogP contribution < -0.4 is 10.6 Å². The summed E-state index contributed by atoms with van der Waals surface area (Å²) < 4.78 is 5.77. The van der Waals surface area contributed by atoms with Gasteiger partial charge in [-0.3, -0.25) is 0 Å². The molecule has 1 aromatic rings. The lowest BCUT2D eigenvalue weighted by Crippen LogP contribution is -2.40. The zero-order chi connectivity index (χ0) is 13.0. The Morgan fingerprint density at radius 3 is 3.00 bits per heavy atom. The smallest absolute Gasteiger partial charge is 0.231 e. The Morgan fingerprint density at radius 2 is 2.28 bits per heavy atom. The molecule has 1 aliphatic rings. The van der Waals surface area contributed by atoms with Gasteiger partial charge in [-0.2, -0.15) is 15.0 Å². The maximum Gasteiger partial charge on any atom is 0.231 e. The second kappa shape index (κ2) is 6.15. The summed E-state index contributed by atoms with van der Waals surface area (Å²) in [5.41, 5.74) is 5.58. The molecule has 1 unspecified atom stereocenters. The van der Waals surface area contributed by atoms with Gasteiger partial charge in [-0.05, 0) is 30.9 Å². The van der Waals surface area contributed by atoms with Crippen molar-refractivity contribution < 1.29 is 4.74 Å². The van der Waals surface area contributed by atoms with Crippen molar-refractivity contribution in [3.05, 3.63) is 5.28 Å². The third-order valence-electron chi connectivity index (χ3n) is 2.83. The molecule has 1 aliphatic heterocycles. The predicted octanol–water partition coefficient (Wildman–Crippen LogP) is 1.50. The number of nitrogens with two attached hydrogens (primary N) is 1. The first kappa shape index (κ1) is 13.3. The average molecular weight is 272 g/mol. The molecule has 1 fully saturated rings. The average Bonchev–Trinajstić information content (AvgIpc) is 2.35. The maximum absolute atomic E-state index is 5.79. The summed E-state index contributed by atoms with van der Waals surface area (Å²) >= 11 is 5.79. The zero-order valence-electron chi connectivity index (χ0n) is 10.5. The van der Waals surface area contributed by atoms with Crippen LogP contribution in [0.25, 0.3) is 0 Å². The van der Waals surface area contributed by atoms with Crippen molar-refractivity contribution in [2.45, 2.75) is 32.3 Å². The molecule has 100 valence electrons. The fourth-order valence-electron chi connectivity index (χ4n) is 2.04. The van der Waals surface area contributed by atoms with Gasteiger partial charge in [0.25, 0.3) is 0 Å². The van der Waals surface area contributed by atoms with Gasteiger partial charge in [0.15, 0.2) is 0 Å². The van der Waals surface area contributed by atoms with E-state index in [-0.39, 0.29) is 17.3 Å². The molecule has 2 heterocycles. The van der Waals surface area contributed by atoms with E-state index < -0.39 is 0 Å². The van der Waals surface area contributed by atoms with Gasteiger partial charge in [0.05, 0.1) is 6.10 Å². The molecule has 7 heteroatoms. The van der Waals surface area contributed by atoms with E-state index in [9.17, 15) is 0 Å². The lowest BCUT2D eigenvalue weighted by atomic mass is 10.1. The van der Waals surface area contributed by atoms with Crippen LogP contribution in [0.3, 0.4) is 0 Å². The Balaban J connectivity index is 2.03. The molecule has 0 spiro atoms. The number of rotatable bonds is 4. The molecule has 0 radical (unpaired) electrons. The molecule has 2 N–H and O–H groups in total. The van der Waals surface area contributed by atoms with E-state index in [0.29, 0.717) is 5.95 Å². The fourth-order valence-corrected chi connectivity index (χ4v) is 2.20. The topological polar surface area (TPSA) is 77.2 Å². The van der Waals surface area contributed by atoms with Crippen LogP contribution in [0.15, 0.2) is 0 Å². The van der Waals surface area contributed by atoms with Gasteiger partial charge in [-0.1, -0.05) is 6.92 Å². The molecule has 1 atom stereocenters. The summed E-state index contributed by atoms with van der Waals surface area (Å²) in [5, 5.41) is 0.133. The van der Waals surface area contributed by atoms with Crippen molar-refractivity contribution in [2.75, 3.05) is 30.3 Å². The van der Waals surface area contributed by atoms with Crippen LogP contribution in [0.1, 0.15) is 26.2 Å². The first-order chi connectivity index (χ1) is 8.69. The maximum atomic E-state index is 5.79. The summed E-state index contributed by atoms with van der Waals surface area (Å²) in [7, 11) is 0. The summed E-state index contributed by atoms with van der Waals surface area (Å²) in [6, 6.07) is 0. The highest BCUT2D eigenvalue weighted by molar-refractivity contribution is 6.28. The number of nitrogen functional groups attached to an aromatic ring is 1. The van der Waals surface area contributed by atoms with Gasteiger partial charge in [0.2, 0.25) is 17.2 Å². The summed E-state index contributed by atoms with van der Waals surface area (Å²) in [5.74, 6) is 0.693. The van der Waals surface area contributed by atoms with Gasteiger partial charge in [-0.25, -0.2) is 0 Å². The number of hydrogen-bond acceptors (Lipinski definition) is 6. The minimum atomic E-state index is 0.133. The van der Waals surface area contributed by atoms with Crippen molar-refractivity contribution in [1.29, 1.82) is 0 Å². The SMILES string of the molecule is CCCOC1CCCN(c2nc(N)nc(Cl)n2)C1. The molecular weight excluding hydrogens is 254 g/mol. The molecule has 6 nitrogen and oxygen atoms in total. The predicted molar refractivity (Wildman–Crippen MR) is 70.7 cm³/mol. The number of hydrogen-bond donors (Lipinski definition) is 1. The molecule has 0 amide bonds. The lowest BCUT2D eigenvalue weighted by molar-refractivity contribution is 0.0437. The molecule has 2 rings (SSSR count). The van der Waals surface area contributed by atoms with Crippen LogP contribution in [-0.4, -0.2) is 40.8 Å². The molecule has 1 saturated heterocycles. The highest BCUT2D eigenvalue weighted by atomic mass is 35.5. The van der Waals surface area contributed by atoms with Gasteiger partial charge < -0.3 is 15.4 Å². The second-order valence-electron chi connectivity index (χ2n) is 4.34. The normalized spacial score (nSPS) is 20.1. The molecule has 0 bridgehead atoms. The Hall–Kier alpha value is -1.14. The van der Waals surface area contributed by atoms with E-state index in [1.807, 2.05) is 4.90 Å². The number of ether oxygens (including phenoxy) is 1. The van der Waals surface area contributed by atoms with E-state index in [1.54, 1.807) is 0 Å². The molecule has 0 saturated carbocycles. The molecular formula is C11H18ClN5O. The number of halogens is 1. The third kappa shape index (κ3) is 3.43. The number of nitrogens with zero attached hydrogens (tertiary/aromatic N) is 4. The van der Waals surface area contributed by atoms with Gasteiger partial charge in [0, 0.05) is 19.7 Å². The van der Waals surface area contributed by atoms with Crippen LogP contribution in [0, 0.1) is 0 Å². The van der Waals surface area contributed by atoms with Crippen molar-refractivity contribution in [3.63, 3.8) is 0 Å². The van der Waals surface area contributed by atoms with Crippen LogP contribution >= 0.6 is 11.6 Å². The first-order valence-electron chi connectivity index (χ1n) is 6.22. The quantitative estimate of drug-likeness (QED) is 0.894. The van der Waals surface area contributed by atoms with E-state index in [0.717, 1.165) is 39.0 Å². The van der Waals surface area contributed by atoms with Crippen LogP contribution in [0.2, 0.25) is 5.28 Å². The zero-order valence-corrected chi connectivity index (χ0v) is 11.2. The van der Waals surface area contributed by atoms with Gasteiger partial charge in [-0.15, -0.1) is 0 Å². The highest BCUT2D eigenvalue weighted by Crippen LogP contribution is 2.19. The summed E-state index contributed by atoms with van der Waals surface area (Å²) in [6.45, 7) is 4.57. The van der Waals surface area contributed by atoms with Crippen molar-refractivity contribution in [3.8, 4) is 0 Å². The number of aromatic nitrogens is 3. The molecule has 0 aromatic carbocycles. The Morgan fingerprint density at radius 1 is 1.44 bits per heavy atom. The third-order valence-corrected chi connectivity index (χ3v) is 3.00. The fraction of sp³-hybridized carbons (Fsp3) is 0.727. The number of piperidine rings is 1. The second-order valence-corrected chi connectivity index (χ2v) is 4.68. The lowest BCUT2D eigenvalue weighted by Gasteiger charge is -2.32. The number of anilines is 2. The standard InChI is InChI=1S/C11H18ClN5O/c1-2-6-18-8-4-3-5-17(7-8)11-15-9(12)14-10(13)16-11/h8H,2-7H2,1H3,(H2,13,14,15,16). The first-order valence-corrected chi connectivity index (χ1v) is 6.60. The van der Waals surface area contributed by atoms with Crippen molar-refractivity contribution in [1.82, 2.24) is 15.0 Å². The highest BCUT2D eigenvalue weighted by Gasteiger charge is 2.22. The van der Waals surface area contributed by atoms with E-state index in [1.165, 1.54) is 0 Å². The Kier molecular flexibility index (Phi) is 4.54. The summed E-state index contributed by atoms with van der Waals surface area (Å²) in [4.78, 5) is 14.0. The Labute approximate surface area is 112 Å². The molecule has 0 aliphatic carbocycles. The van der Waals surface area contributed by atoms with Gasteiger partial charge >= 0.3 is 0 Å².